The number of alkyl halides is 1. The summed E-state index contributed by atoms with van der Waals surface area (Å²) < 4.78 is 0. The Labute approximate surface area is 97.8 Å². The molecule has 0 unspecified atom stereocenters. The lowest BCUT2D eigenvalue weighted by Gasteiger charge is -2.25. The molecule has 1 N–H and O–H groups in total. The smallest absolute Gasteiger partial charge is 0.226 e. The van der Waals surface area contributed by atoms with Crippen molar-refractivity contribution in [1.82, 2.24) is 5.32 Å². The molecule has 2 nitrogen and oxygen atoms in total. The van der Waals surface area contributed by atoms with E-state index in [-0.39, 0.29) is 11.3 Å². The highest BCUT2D eigenvalue weighted by molar-refractivity contribution is 6.17. The molecule has 0 aromatic heterocycles. The van der Waals surface area contributed by atoms with Crippen molar-refractivity contribution in [3.63, 3.8) is 0 Å². The average molecular weight is 232 g/mol. The lowest BCUT2D eigenvalue weighted by Crippen LogP contribution is -2.39. The Bertz CT molecular complexity index is 200. The van der Waals surface area contributed by atoms with Crippen molar-refractivity contribution < 1.29 is 4.79 Å². The zero-order chi connectivity index (χ0) is 11.1. The molecule has 1 fully saturated rings. The Kier molecular flexibility index (Phi) is 5.44. The third kappa shape index (κ3) is 3.37. The molecular weight excluding hydrogens is 210 g/mol. The standard InChI is InChI=1S/C12H22ClNO/c1-2-12(7-3-4-8-12)11(15)14-10-6-5-9-13/h2-10H2,1H3,(H,14,15). The number of unbranched alkanes of at least 4 members (excludes halogenated alkanes) is 1. The van der Waals surface area contributed by atoms with E-state index < -0.39 is 0 Å². The zero-order valence-electron chi connectivity index (χ0n) is 9.65. The topological polar surface area (TPSA) is 29.1 Å². The maximum atomic E-state index is 12.0. The highest BCUT2D eigenvalue weighted by Crippen LogP contribution is 2.40. The molecule has 15 heavy (non-hydrogen) atoms. The Morgan fingerprint density at radius 3 is 2.53 bits per heavy atom. The van der Waals surface area contributed by atoms with Gasteiger partial charge in [0.2, 0.25) is 5.91 Å². The van der Waals surface area contributed by atoms with Gasteiger partial charge in [0.1, 0.15) is 0 Å². The van der Waals surface area contributed by atoms with Gasteiger partial charge in [-0.3, -0.25) is 4.79 Å². The minimum Gasteiger partial charge on any atom is -0.356 e. The summed E-state index contributed by atoms with van der Waals surface area (Å²) in [6.45, 7) is 2.91. The van der Waals surface area contributed by atoms with Crippen molar-refractivity contribution in [3.05, 3.63) is 0 Å². The first-order chi connectivity index (χ1) is 7.25. The molecule has 0 radical (unpaired) electrons. The fraction of sp³-hybridized carbons (Fsp3) is 0.917. The van der Waals surface area contributed by atoms with Crippen molar-refractivity contribution in [2.75, 3.05) is 12.4 Å². The summed E-state index contributed by atoms with van der Waals surface area (Å²) in [5.41, 5.74) is -0.0407. The van der Waals surface area contributed by atoms with Gasteiger partial charge >= 0.3 is 0 Å². The number of nitrogens with one attached hydrogen (secondary N) is 1. The summed E-state index contributed by atoms with van der Waals surface area (Å²) in [6, 6.07) is 0. The highest BCUT2D eigenvalue weighted by atomic mass is 35.5. The van der Waals surface area contributed by atoms with Gasteiger partial charge in [-0.25, -0.2) is 0 Å². The number of amides is 1. The van der Waals surface area contributed by atoms with Crippen LogP contribution in [-0.4, -0.2) is 18.3 Å². The lowest BCUT2D eigenvalue weighted by atomic mass is 9.82. The van der Waals surface area contributed by atoms with Gasteiger partial charge in [0.25, 0.3) is 0 Å². The van der Waals surface area contributed by atoms with E-state index in [1.165, 1.54) is 12.8 Å². The van der Waals surface area contributed by atoms with E-state index in [0.717, 1.165) is 38.6 Å². The van der Waals surface area contributed by atoms with Gasteiger partial charge < -0.3 is 5.32 Å². The summed E-state index contributed by atoms with van der Waals surface area (Å²) in [6.07, 6.45) is 7.53. The summed E-state index contributed by atoms with van der Waals surface area (Å²) in [5, 5.41) is 3.05. The first kappa shape index (κ1) is 12.8. The number of carbonyl (C=O) groups excluding carboxylic acids is 1. The van der Waals surface area contributed by atoms with Gasteiger partial charge in [0.15, 0.2) is 0 Å². The molecule has 0 bridgehead atoms. The predicted octanol–water partition coefficient (Wildman–Crippen LogP) is 3.09. The molecule has 1 rings (SSSR count). The van der Waals surface area contributed by atoms with Crippen LogP contribution in [-0.2, 0) is 4.79 Å². The van der Waals surface area contributed by atoms with E-state index in [4.69, 9.17) is 11.6 Å². The number of hydrogen-bond acceptors (Lipinski definition) is 1. The first-order valence-corrected chi connectivity index (χ1v) is 6.63. The van der Waals surface area contributed by atoms with Crippen molar-refractivity contribution in [2.24, 2.45) is 5.41 Å². The van der Waals surface area contributed by atoms with Gasteiger partial charge in [-0.15, -0.1) is 11.6 Å². The summed E-state index contributed by atoms with van der Waals surface area (Å²) in [7, 11) is 0. The molecular formula is C12H22ClNO. The predicted molar refractivity (Wildman–Crippen MR) is 64.2 cm³/mol. The van der Waals surface area contributed by atoms with Crippen molar-refractivity contribution >= 4 is 17.5 Å². The molecule has 0 aromatic carbocycles. The maximum Gasteiger partial charge on any atom is 0.226 e. The summed E-state index contributed by atoms with van der Waals surface area (Å²) >= 11 is 5.59. The monoisotopic (exact) mass is 231 g/mol. The molecule has 0 heterocycles. The molecule has 0 aromatic rings. The van der Waals surface area contributed by atoms with E-state index in [1.807, 2.05) is 0 Å². The Morgan fingerprint density at radius 2 is 2.00 bits per heavy atom. The van der Waals surface area contributed by atoms with Crippen LogP contribution in [0.15, 0.2) is 0 Å². The second-order valence-electron chi connectivity index (χ2n) is 4.49. The van der Waals surface area contributed by atoms with E-state index in [9.17, 15) is 4.79 Å². The van der Waals surface area contributed by atoms with Gasteiger partial charge in [-0.05, 0) is 32.1 Å². The Morgan fingerprint density at radius 1 is 1.33 bits per heavy atom. The molecule has 0 saturated heterocycles. The SMILES string of the molecule is CCC1(C(=O)NCCCCCl)CCCC1. The van der Waals surface area contributed by atoms with Crippen molar-refractivity contribution in [1.29, 1.82) is 0 Å². The Balaban J connectivity index is 2.31. The largest absolute Gasteiger partial charge is 0.356 e. The average Bonchev–Trinajstić information content (AvgIpc) is 2.74. The van der Waals surface area contributed by atoms with Gasteiger partial charge in [0, 0.05) is 17.8 Å². The third-order valence-corrected chi connectivity index (χ3v) is 3.83. The summed E-state index contributed by atoms with van der Waals surface area (Å²) in [4.78, 5) is 12.0. The number of carbonyl (C=O) groups is 1. The Hall–Kier alpha value is -0.240. The van der Waals surface area contributed by atoms with Crippen LogP contribution in [0.3, 0.4) is 0 Å². The number of hydrogen-bond donors (Lipinski definition) is 1. The number of rotatable bonds is 6. The minimum absolute atomic E-state index is 0.0407. The van der Waals surface area contributed by atoms with Crippen LogP contribution in [0, 0.1) is 5.41 Å². The van der Waals surface area contributed by atoms with Gasteiger partial charge in [0.05, 0.1) is 0 Å². The quantitative estimate of drug-likeness (QED) is 0.553. The van der Waals surface area contributed by atoms with Crippen LogP contribution in [0.4, 0.5) is 0 Å². The van der Waals surface area contributed by atoms with E-state index >= 15 is 0 Å². The first-order valence-electron chi connectivity index (χ1n) is 6.09. The molecule has 1 saturated carbocycles. The van der Waals surface area contributed by atoms with E-state index in [0.29, 0.717) is 5.88 Å². The summed E-state index contributed by atoms with van der Waals surface area (Å²) in [5.74, 6) is 0.964. The molecule has 88 valence electrons. The van der Waals surface area contributed by atoms with Crippen LogP contribution in [0.5, 0.6) is 0 Å². The molecule has 1 aliphatic rings. The van der Waals surface area contributed by atoms with Crippen LogP contribution < -0.4 is 5.32 Å². The van der Waals surface area contributed by atoms with E-state index in [2.05, 4.69) is 12.2 Å². The molecule has 0 aliphatic heterocycles. The zero-order valence-corrected chi connectivity index (χ0v) is 10.4. The molecule has 0 spiro atoms. The van der Waals surface area contributed by atoms with Crippen molar-refractivity contribution in [3.8, 4) is 0 Å². The fourth-order valence-corrected chi connectivity index (χ4v) is 2.59. The molecule has 3 heteroatoms. The highest BCUT2D eigenvalue weighted by Gasteiger charge is 2.38. The van der Waals surface area contributed by atoms with Crippen LogP contribution >= 0.6 is 11.6 Å². The normalized spacial score (nSPS) is 19.1. The van der Waals surface area contributed by atoms with Crippen molar-refractivity contribution in [2.45, 2.75) is 51.9 Å². The van der Waals surface area contributed by atoms with Crippen LogP contribution in [0.25, 0.3) is 0 Å². The molecule has 1 amide bonds. The van der Waals surface area contributed by atoms with E-state index in [1.54, 1.807) is 0 Å². The third-order valence-electron chi connectivity index (χ3n) is 3.57. The molecule has 1 aliphatic carbocycles. The fourth-order valence-electron chi connectivity index (χ4n) is 2.40. The minimum atomic E-state index is -0.0407. The van der Waals surface area contributed by atoms with Gasteiger partial charge in [-0.2, -0.15) is 0 Å². The second-order valence-corrected chi connectivity index (χ2v) is 4.87. The van der Waals surface area contributed by atoms with Crippen LogP contribution in [0.2, 0.25) is 0 Å². The lowest BCUT2D eigenvalue weighted by molar-refractivity contribution is -0.131. The number of halogens is 1. The maximum absolute atomic E-state index is 12.0. The van der Waals surface area contributed by atoms with Gasteiger partial charge in [-0.1, -0.05) is 19.8 Å². The molecule has 0 atom stereocenters. The van der Waals surface area contributed by atoms with Crippen LogP contribution in [0.1, 0.15) is 51.9 Å². The second kappa shape index (κ2) is 6.37.